The zero-order chi connectivity index (χ0) is 52.1. The minimum Gasteiger partial charge on any atom is -0.457 e. The number of unbranched alkanes of at least 4 members (excludes halogenated alkanes) is 20. The molecule has 0 aromatic rings. The zero-order valence-electron chi connectivity index (χ0n) is 45.6. The number of hydrogen-bond donors (Lipinski definition) is 4. The van der Waals surface area contributed by atoms with Crippen LogP contribution >= 0.6 is 0 Å². The summed E-state index contributed by atoms with van der Waals surface area (Å²) in [7, 11) is 0. The largest absolute Gasteiger partial charge is 0.457 e. The predicted octanol–water partition coefficient (Wildman–Crippen LogP) is 15.3. The predicted molar refractivity (Wildman–Crippen MR) is 302 cm³/mol. The molecule has 9 heteroatoms. The van der Waals surface area contributed by atoms with E-state index < -0.39 is 43.4 Å². The molecule has 1 fully saturated rings. The number of aliphatic hydroxyl groups is 4. The molecular formula is C63H106O9. The minimum atomic E-state index is -1.55. The summed E-state index contributed by atoms with van der Waals surface area (Å²) >= 11 is 0. The number of esters is 1. The van der Waals surface area contributed by atoms with Gasteiger partial charge in [-0.05, 0) is 103 Å². The van der Waals surface area contributed by atoms with Crippen molar-refractivity contribution in [1.82, 2.24) is 0 Å². The Morgan fingerprint density at radius 3 is 1.28 bits per heavy atom. The molecule has 4 N–H and O–H groups in total. The van der Waals surface area contributed by atoms with E-state index in [0.29, 0.717) is 13.0 Å². The summed E-state index contributed by atoms with van der Waals surface area (Å²) < 4.78 is 23.0. The lowest BCUT2D eigenvalue weighted by Crippen LogP contribution is -2.59. The van der Waals surface area contributed by atoms with Gasteiger partial charge in [0, 0.05) is 13.0 Å². The lowest BCUT2D eigenvalue weighted by molar-refractivity contribution is -0.305. The first kappa shape index (κ1) is 66.9. The summed E-state index contributed by atoms with van der Waals surface area (Å²) in [6.45, 7) is 4.40. The second kappa shape index (κ2) is 52.7. The maximum absolute atomic E-state index is 12.9. The van der Waals surface area contributed by atoms with Crippen molar-refractivity contribution < 1.29 is 44.2 Å². The molecule has 0 spiro atoms. The monoisotopic (exact) mass is 1010 g/mol. The molecule has 0 bridgehead atoms. The van der Waals surface area contributed by atoms with Crippen LogP contribution in [-0.2, 0) is 23.7 Å². The highest BCUT2D eigenvalue weighted by Gasteiger charge is 2.44. The molecule has 0 amide bonds. The summed E-state index contributed by atoms with van der Waals surface area (Å²) in [4.78, 5) is 12.9. The van der Waals surface area contributed by atoms with Gasteiger partial charge in [-0.3, -0.25) is 4.79 Å². The molecule has 0 aromatic heterocycles. The van der Waals surface area contributed by atoms with E-state index >= 15 is 0 Å². The Balaban J connectivity index is 2.20. The number of rotatable bonds is 49. The van der Waals surface area contributed by atoms with Crippen molar-refractivity contribution >= 4 is 5.97 Å². The number of carbonyl (C=O) groups excluding carboxylic acids is 1. The second-order valence-electron chi connectivity index (χ2n) is 19.4. The van der Waals surface area contributed by atoms with E-state index in [1.807, 2.05) is 0 Å². The summed E-state index contributed by atoms with van der Waals surface area (Å²) in [6.07, 6.45) is 68.4. The first-order chi connectivity index (χ1) is 35.4. The SMILES string of the molecule is CC/C=C\C/C=C\C/C=C\C/C=C\C/C=C\C/C=C\CCCCCCCCC(=O)OC(COCCCCCCCCCCC/C=C\C/C=C\C/C=C\CCCCCCC)COC1OC(CO)C(O)C(O)C1O. The van der Waals surface area contributed by atoms with Crippen molar-refractivity contribution in [1.29, 1.82) is 0 Å². The van der Waals surface area contributed by atoms with Crippen LogP contribution in [-0.4, -0.2) is 89.6 Å². The van der Waals surface area contributed by atoms with Gasteiger partial charge in [0.25, 0.3) is 0 Å². The van der Waals surface area contributed by atoms with E-state index in [9.17, 15) is 25.2 Å². The zero-order valence-corrected chi connectivity index (χ0v) is 45.6. The molecule has 1 aliphatic rings. The van der Waals surface area contributed by atoms with Crippen LogP contribution < -0.4 is 0 Å². The van der Waals surface area contributed by atoms with Crippen molar-refractivity contribution in [2.24, 2.45) is 0 Å². The van der Waals surface area contributed by atoms with E-state index in [-0.39, 0.29) is 19.2 Å². The van der Waals surface area contributed by atoms with Gasteiger partial charge in [0.2, 0.25) is 0 Å². The third-order valence-electron chi connectivity index (χ3n) is 12.7. The summed E-state index contributed by atoms with van der Waals surface area (Å²) in [5, 5.41) is 40.4. The molecule has 1 aliphatic heterocycles. The molecule has 9 nitrogen and oxygen atoms in total. The van der Waals surface area contributed by atoms with Crippen LogP contribution in [0, 0.1) is 0 Å². The fourth-order valence-electron chi connectivity index (χ4n) is 8.21. The quantitative estimate of drug-likeness (QED) is 0.0267. The van der Waals surface area contributed by atoms with Crippen LogP contribution in [0.5, 0.6) is 0 Å². The molecule has 0 saturated carbocycles. The van der Waals surface area contributed by atoms with Gasteiger partial charge in [-0.15, -0.1) is 0 Å². The van der Waals surface area contributed by atoms with Gasteiger partial charge in [0.15, 0.2) is 6.29 Å². The Kier molecular flexibility index (Phi) is 48.9. The highest BCUT2D eigenvalue weighted by Crippen LogP contribution is 2.23. The van der Waals surface area contributed by atoms with Gasteiger partial charge < -0.3 is 39.4 Å². The van der Waals surface area contributed by atoms with Crippen molar-refractivity contribution in [3.63, 3.8) is 0 Å². The molecule has 6 atom stereocenters. The number of allylic oxidation sites excluding steroid dienone is 18. The molecule has 0 aromatic carbocycles. The molecule has 6 unspecified atom stereocenters. The lowest BCUT2D eigenvalue weighted by atomic mass is 9.99. The Morgan fingerprint density at radius 1 is 0.458 bits per heavy atom. The topological polar surface area (TPSA) is 135 Å². The van der Waals surface area contributed by atoms with Gasteiger partial charge in [-0.25, -0.2) is 0 Å². The Hall–Kier alpha value is -3.15. The molecule has 1 rings (SSSR count). The third kappa shape index (κ3) is 42.2. The standard InChI is InChI=1S/C63H106O9/c1-3-5-7-9-11-13-15-17-19-21-23-25-27-29-30-32-34-36-38-40-42-44-46-48-50-52-59(65)71-57(56-70-63-62(68)61(67)60(66)58(54-64)72-63)55-69-53-51-49-47-45-43-41-39-37-35-33-31-28-26-24-22-20-18-16-14-12-10-8-6-4-2/h5,7,11,13,16-19,22-25,28-31,34,36,57-58,60-64,66-68H,3-4,6,8-10,12,14-15,20-21,26-27,32-33,35,37-56H2,1-2H3/b7-5-,13-11-,18-16-,19-17-,24-22-,25-23-,30-29-,31-28-,36-34-. The van der Waals surface area contributed by atoms with Gasteiger partial charge in [0.1, 0.15) is 30.5 Å². The molecular weight excluding hydrogens is 901 g/mol. The van der Waals surface area contributed by atoms with Crippen LogP contribution in [0.25, 0.3) is 0 Å². The van der Waals surface area contributed by atoms with E-state index in [2.05, 4.69) is 123 Å². The number of carbonyl (C=O) groups is 1. The van der Waals surface area contributed by atoms with Crippen LogP contribution in [0.4, 0.5) is 0 Å². The Morgan fingerprint density at radius 2 is 0.847 bits per heavy atom. The summed E-state index contributed by atoms with van der Waals surface area (Å²) in [5.41, 5.74) is 0. The van der Waals surface area contributed by atoms with Gasteiger partial charge >= 0.3 is 5.97 Å². The molecule has 1 heterocycles. The normalized spacial score (nSPS) is 19.6. The summed E-state index contributed by atoms with van der Waals surface area (Å²) in [6, 6.07) is 0. The molecule has 72 heavy (non-hydrogen) atoms. The molecule has 1 saturated heterocycles. The highest BCUT2D eigenvalue weighted by atomic mass is 16.7. The summed E-state index contributed by atoms with van der Waals surface area (Å²) in [5.74, 6) is -0.333. The van der Waals surface area contributed by atoms with Gasteiger partial charge in [-0.2, -0.15) is 0 Å². The average Bonchev–Trinajstić information content (AvgIpc) is 3.38. The van der Waals surface area contributed by atoms with Crippen molar-refractivity contribution in [3.8, 4) is 0 Å². The molecule has 412 valence electrons. The first-order valence-electron chi connectivity index (χ1n) is 29.0. The lowest BCUT2D eigenvalue weighted by Gasteiger charge is -2.39. The van der Waals surface area contributed by atoms with Crippen LogP contribution in [0.2, 0.25) is 0 Å². The van der Waals surface area contributed by atoms with E-state index in [0.717, 1.165) is 109 Å². The van der Waals surface area contributed by atoms with E-state index in [4.69, 9.17) is 18.9 Å². The maximum Gasteiger partial charge on any atom is 0.306 e. The fourth-order valence-corrected chi connectivity index (χ4v) is 8.21. The second-order valence-corrected chi connectivity index (χ2v) is 19.4. The first-order valence-corrected chi connectivity index (χ1v) is 29.0. The van der Waals surface area contributed by atoms with Crippen molar-refractivity contribution in [2.75, 3.05) is 26.4 Å². The van der Waals surface area contributed by atoms with Crippen molar-refractivity contribution in [3.05, 3.63) is 109 Å². The third-order valence-corrected chi connectivity index (χ3v) is 12.7. The number of aliphatic hydroxyl groups excluding tert-OH is 4. The van der Waals surface area contributed by atoms with Crippen LogP contribution in [0.15, 0.2) is 109 Å². The Bertz CT molecular complexity index is 1470. The number of hydrogen-bond acceptors (Lipinski definition) is 9. The smallest absolute Gasteiger partial charge is 0.306 e. The van der Waals surface area contributed by atoms with E-state index in [1.54, 1.807) is 0 Å². The van der Waals surface area contributed by atoms with Crippen LogP contribution in [0.1, 0.15) is 219 Å². The maximum atomic E-state index is 12.9. The van der Waals surface area contributed by atoms with Gasteiger partial charge in [0.05, 0.1) is 19.8 Å². The van der Waals surface area contributed by atoms with Gasteiger partial charge in [-0.1, -0.05) is 220 Å². The molecule has 0 radical (unpaired) electrons. The minimum absolute atomic E-state index is 0.128. The average molecular weight is 1010 g/mol. The van der Waals surface area contributed by atoms with E-state index in [1.165, 1.54) is 89.9 Å². The fraction of sp³-hybridized carbons (Fsp3) is 0.698. The van der Waals surface area contributed by atoms with Crippen LogP contribution in [0.3, 0.4) is 0 Å². The Labute approximate surface area is 440 Å². The molecule has 0 aliphatic carbocycles. The van der Waals surface area contributed by atoms with Crippen molar-refractivity contribution in [2.45, 2.75) is 256 Å². The highest BCUT2D eigenvalue weighted by molar-refractivity contribution is 5.69. The number of ether oxygens (including phenoxy) is 4.